The van der Waals surface area contributed by atoms with E-state index in [-0.39, 0.29) is 0 Å². The summed E-state index contributed by atoms with van der Waals surface area (Å²) in [6.45, 7) is 4.53. The van der Waals surface area contributed by atoms with Crippen molar-refractivity contribution in [2.75, 3.05) is 23.7 Å². The van der Waals surface area contributed by atoms with Crippen LogP contribution < -0.4 is 10.6 Å². The first-order valence-corrected chi connectivity index (χ1v) is 6.02. The largest absolute Gasteiger partial charge is 0.369 e. The summed E-state index contributed by atoms with van der Waals surface area (Å²) in [4.78, 5) is 8.49. The summed E-state index contributed by atoms with van der Waals surface area (Å²) in [7, 11) is 0. The van der Waals surface area contributed by atoms with Crippen LogP contribution in [0.4, 0.5) is 11.6 Å². The molecule has 0 radical (unpaired) electrons. The second kappa shape index (κ2) is 6.53. The van der Waals surface area contributed by atoms with Gasteiger partial charge in [0, 0.05) is 25.8 Å². The zero-order valence-electron chi connectivity index (χ0n) is 10.4. The first-order valence-electron chi connectivity index (χ1n) is 6.02. The van der Waals surface area contributed by atoms with Crippen LogP contribution in [-0.2, 0) is 6.54 Å². The van der Waals surface area contributed by atoms with Crippen molar-refractivity contribution < 1.29 is 0 Å². The lowest BCUT2D eigenvalue weighted by molar-refractivity contribution is 0.569. The van der Waals surface area contributed by atoms with Gasteiger partial charge in [-0.15, -0.1) is 5.10 Å². The van der Waals surface area contributed by atoms with Gasteiger partial charge < -0.3 is 10.6 Å². The lowest BCUT2D eigenvalue weighted by Crippen LogP contribution is -2.09. The number of nitrogens with one attached hydrogen (secondary N) is 2. The lowest BCUT2D eigenvalue weighted by atomic mass is 10.4. The van der Waals surface area contributed by atoms with Crippen molar-refractivity contribution in [1.82, 2.24) is 25.0 Å². The molecule has 7 heteroatoms. The maximum absolute atomic E-state index is 4.38. The van der Waals surface area contributed by atoms with Crippen molar-refractivity contribution in [2.24, 2.45) is 0 Å². The highest BCUT2D eigenvalue weighted by atomic mass is 15.4. The van der Waals surface area contributed by atoms with Crippen molar-refractivity contribution in [3.05, 3.63) is 24.8 Å². The maximum atomic E-state index is 4.38. The van der Waals surface area contributed by atoms with E-state index in [1.165, 1.54) is 0 Å². The van der Waals surface area contributed by atoms with E-state index in [0.29, 0.717) is 0 Å². The molecular formula is C11H17N7. The van der Waals surface area contributed by atoms with Crippen LogP contribution in [0.25, 0.3) is 0 Å². The lowest BCUT2D eigenvalue weighted by Gasteiger charge is -2.07. The van der Waals surface area contributed by atoms with E-state index in [1.807, 2.05) is 17.8 Å². The van der Waals surface area contributed by atoms with E-state index in [0.717, 1.165) is 37.7 Å². The van der Waals surface area contributed by atoms with Gasteiger partial charge in [-0.05, 0) is 13.3 Å². The summed E-state index contributed by atoms with van der Waals surface area (Å²) < 4.78 is 1.81. The van der Waals surface area contributed by atoms with Gasteiger partial charge in [-0.3, -0.25) is 9.67 Å². The van der Waals surface area contributed by atoms with E-state index >= 15 is 0 Å². The zero-order valence-corrected chi connectivity index (χ0v) is 10.4. The summed E-state index contributed by atoms with van der Waals surface area (Å²) in [5, 5.41) is 14.0. The summed E-state index contributed by atoms with van der Waals surface area (Å²) in [5.74, 6) is 1.57. The highest BCUT2D eigenvalue weighted by Gasteiger charge is 1.97. The number of aryl methyl sites for hydroxylation is 1. The Hall–Kier alpha value is -2.18. The van der Waals surface area contributed by atoms with Crippen molar-refractivity contribution in [1.29, 1.82) is 0 Å². The molecule has 0 aliphatic carbocycles. The Balaban J connectivity index is 1.74. The fraction of sp³-hybridized carbons (Fsp3) is 0.455. The first-order chi connectivity index (χ1) is 8.88. The van der Waals surface area contributed by atoms with E-state index in [1.54, 1.807) is 18.6 Å². The van der Waals surface area contributed by atoms with Gasteiger partial charge in [-0.25, -0.2) is 4.98 Å². The van der Waals surface area contributed by atoms with Gasteiger partial charge in [0.05, 0.1) is 18.6 Å². The molecule has 2 rings (SSSR count). The number of anilines is 2. The Morgan fingerprint density at radius 3 is 2.78 bits per heavy atom. The number of hydrogen-bond donors (Lipinski definition) is 2. The Morgan fingerprint density at radius 1 is 1.22 bits per heavy atom. The monoisotopic (exact) mass is 247 g/mol. The summed E-state index contributed by atoms with van der Waals surface area (Å²) in [6.07, 6.45) is 7.92. The molecule has 0 unspecified atom stereocenters. The fourth-order valence-corrected chi connectivity index (χ4v) is 1.53. The number of rotatable bonds is 7. The molecule has 18 heavy (non-hydrogen) atoms. The molecule has 0 aliphatic rings. The van der Waals surface area contributed by atoms with Crippen LogP contribution in [0.15, 0.2) is 24.8 Å². The third kappa shape index (κ3) is 3.69. The van der Waals surface area contributed by atoms with Crippen LogP contribution in [0, 0.1) is 0 Å². The Labute approximate surface area is 106 Å². The van der Waals surface area contributed by atoms with E-state index in [9.17, 15) is 0 Å². The molecule has 0 spiro atoms. The minimum Gasteiger partial charge on any atom is -0.369 e. The maximum Gasteiger partial charge on any atom is 0.146 e. The molecule has 0 fully saturated rings. The smallest absolute Gasteiger partial charge is 0.146 e. The van der Waals surface area contributed by atoms with Crippen LogP contribution in [0.3, 0.4) is 0 Å². The second-order valence-electron chi connectivity index (χ2n) is 3.77. The summed E-state index contributed by atoms with van der Waals surface area (Å²) in [6, 6.07) is 0. The Bertz CT molecular complexity index is 454. The van der Waals surface area contributed by atoms with Gasteiger partial charge in [0.2, 0.25) is 0 Å². The van der Waals surface area contributed by atoms with Crippen molar-refractivity contribution in [2.45, 2.75) is 19.9 Å². The standard InChI is InChI=1S/C11H17N7/c1-2-13-10-8-12-9-11(16-10)14-4-3-6-18-7-5-15-17-18/h5,7-9H,2-4,6H2,1H3,(H2,13,14,16). The molecular weight excluding hydrogens is 230 g/mol. The van der Waals surface area contributed by atoms with Gasteiger partial charge in [0.1, 0.15) is 11.6 Å². The molecule has 0 saturated heterocycles. The Kier molecular flexibility index (Phi) is 4.46. The number of aromatic nitrogens is 5. The summed E-state index contributed by atoms with van der Waals surface area (Å²) in [5.41, 5.74) is 0. The molecule has 2 heterocycles. The van der Waals surface area contributed by atoms with Crippen molar-refractivity contribution in [3.63, 3.8) is 0 Å². The molecule has 2 aromatic rings. The van der Waals surface area contributed by atoms with E-state index in [2.05, 4.69) is 30.9 Å². The average molecular weight is 247 g/mol. The highest BCUT2D eigenvalue weighted by Crippen LogP contribution is 2.06. The molecule has 0 aromatic carbocycles. The van der Waals surface area contributed by atoms with Gasteiger partial charge in [0.15, 0.2) is 0 Å². The molecule has 0 atom stereocenters. The highest BCUT2D eigenvalue weighted by molar-refractivity contribution is 5.41. The van der Waals surface area contributed by atoms with E-state index < -0.39 is 0 Å². The van der Waals surface area contributed by atoms with Crippen LogP contribution in [0.2, 0.25) is 0 Å². The normalized spacial score (nSPS) is 10.3. The third-order valence-corrected chi connectivity index (χ3v) is 2.33. The van der Waals surface area contributed by atoms with Gasteiger partial charge in [-0.1, -0.05) is 5.21 Å². The van der Waals surface area contributed by atoms with Gasteiger partial charge in [0.25, 0.3) is 0 Å². The minimum absolute atomic E-state index is 0.784. The van der Waals surface area contributed by atoms with Crippen molar-refractivity contribution >= 4 is 11.6 Å². The molecule has 0 aliphatic heterocycles. The molecule has 0 amide bonds. The van der Waals surface area contributed by atoms with E-state index in [4.69, 9.17) is 0 Å². The van der Waals surface area contributed by atoms with Gasteiger partial charge in [-0.2, -0.15) is 0 Å². The minimum atomic E-state index is 0.784. The third-order valence-electron chi connectivity index (χ3n) is 2.33. The van der Waals surface area contributed by atoms with Crippen LogP contribution >= 0.6 is 0 Å². The fourth-order valence-electron chi connectivity index (χ4n) is 1.53. The van der Waals surface area contributed by atoms with Crippen LogP contribution in [-0.4, -0.2) is 38.1 Å². The number of nitrogens with zero attached hydrogens (tertiary/aromatic N) is 5. The van der Waals surface area contributed by atoms with Crippen LogP contribution in [0.1, 0.15) is 13.3 Å². The molecule has 2 N–H and O–H groups in total. The zero-order chi connectivity index (χ0) is 12.6. The number of hydrogen-bond acceptors (Lipinski definition) is 6. The van der Waals surface area contributed by atoms with Gasteiger partial charge >= 0.3 is 0 Å². The molecule has 96 valence electrons. The SMILES string of the molecule is CCNc1cncc(NCCCn2ccnn2)n1. The molecule has 7 nitrogen and oxygen atoms in total. The average Bonchev–Trinajstić information content (AvgIpc) is 2.89. The molecule has 0 saturated carbocycles. The molecule has 0 bridgehead atoms. The predicted molar refractivity (Wildman–Crippen MR) is 69.3 cm³/mol. The van der Waals surface area contributed by atoms with Crippen LogP contribution in [0.5, 0.6) is 0 Å². The summed E-state index contributed by atoms with van der Waals surface area (Å²) >= 11 is 0. The second-order valence-corrected chi connectivity index (χ2v) is 3.77. The van der Waals surface area contributed by atoms with Crippen molar-refractivity contribution in [3.8, 4) is 0 Å². The molecule has 2 aromatic heterocycles. The predicted octanol–water partition coefficient (Wildman–Crippen LogP) is 1.00. The Morgan fingerprint density at radius 2 is 2.06 bits per heavy atom. The first kappa shape index (κ1) is 12.3. The topological polar surface area (TPSA) is 80.5 Å². The quantitative estimate of drug-likeness (QED) is 0.710.